The SMILES string of the molecule is COc1ccc(-c2nc(-c3ccc(Cl)c(F)c3)c(CC(=O)[O-])s2)cc1. The Labute approximate surface area is 152 Å². The molecule has 2 aromatic carbocycles. The summed E-state index contributed by atoms with van der Waals surface area (Å²) >= 11 is 6.94. The van der Waals surface area contributed by atoms with Gasteiger partial charge in [0, 0.05) is 28.4 Å². The van der Waals surface area contributed by atoms with Gasteiger partial charge in [-0.3, -0.25) is 0 Å². The van der Waals surface area contributed by atoms with Crippen LogP contribution in [0.1, 0.15) is 4.88 Å². The third-order valence-electron chi connectivity index (χ3n) is 3.53. The van der Waals surface area contributed by atoms with E-state index >= 15 is 0 Å². The van der Waals surface area contributed by atoms with Gasteiger partial charge < -0.3 is 14.6 Å². The second-order valence-corrected chi connectivity index (χ2v) is 6.69. The highest BCUT2D eigenvalue weighted by atomic mass is 35.5. The van der Waals surface area contributed by atoms with Crippen molar-refractivity contribution in [2.24, 2.45) is 0 Å². The summed E-state index contributed by atoms with van der Waals surface area (Å²) in [6, 6.07) is 11.5. The summed E-state index contributed by atoms with van der Waals surface area (Å²) in [7, 11) is 1.57. The number of methoxy groups -OCH3 is 1. The van der Waals surface area contributed by atoms with E-state index < -0.39 is 11.8 Å². The van der Waals surface area contributed by atoms with Crippen molar-refractivity contribution in [2.75, 3.05) is 7.11 Å². The number of nitrogens with zero attached hydrogens (tertiary/aromatic N) is 1. The van der Waals surface area contributed by atoms with E-state index in [4.69, 9.17) is 16.3 Å². The molecular formula is C18H12ClFNO3S-. The number of carbonyl (C=O) groups excluding carboxylic acids is 1. The van der Waals surface area contributed by atoms with Gasteiger partial charge in [-0.1, -0.05) is 17.7 Å². The van der Waals surface area contributed by atoms with Crippen LogP contribution in [0.5, 0.6) is 5.75 Å². The molecule has 3 rings (SSSR count). The van der Waals surface area contributed by atoms with E-state index in [0.29, 0.717) is 26.9 Å². The number of aliphatic carboxylic acids is 1. The Balaban J connectivity index is 2.07. The number of rotatable bonds is 5. The highest BCUT2D eigenvalue weighted by Crippen LogP contribution is 2.35. The minimum atomic E-state index is -1.22. The van der Waals surface area contributed by atoms with Crippen LogP contribution in [-0.2, 0) is 11.2 Å². The molecule has 0 aliphatic carbocycles. The van der Waals surface area contributed by atoms with Crippen LogP contribution in [0, 0.1) is 5.82 Å². The molecule has 0 saturated heterocycles. The number of hydrogen-bond acceptors (Lipinski definition) is 5. The molecule has 1 heterocycles. The largest absolute Gasteiger partial charge is 0.550 e. The standard InChI is InChI=1S/C18H13ClFNO3S/c1-24-12-5-2-10(3-6-12)18-21-17(15(25-18)9-16(22)23)11-4-7-13(19)14(20)8-11/h2-8H,9H2,1H3,(H,22,23)/p-1. The molecule has 128 valence electrons. The lowest BCUT2D eigenvalue weighted by Gasteiger charge is -2.04. The van der Waals surface area contributed by atoms with Crippen molar-refractivity contribution in [1.29, 1.82) is 0 Å². The number of carboxylic acid groups (broad SMARTS) is 1. The summed E-state index contributed by atoms with van der Waals surface area (Å²) in [5.74, 6) is -1.10. The number of benzene rings is 2. The van der Waals surface area contributed by atoms with E-state index in [-0.39, 0.29) is 11.4 Å². The van der Waals surface area contributed by atoms with Crippen LogP contribution in [0.2, 0.25) is 5.02 Å². The number of ether oxygens (including phenoxy) is 1. The van der Waals surface area contributed by atoms with E-state index in [0.717, 1.165) is 5.56 Å². The Morgan fingerprint density at radius 1 is 1.24 bits per heavy atom. The van der Waals surface area contributed by atoms with E-state index in [1.807, 2.05) is 12.1 Å². The molecule has 7 heteroatoms. The summed E-state index contributed by atoms with van der Waals surface area (Å²) in [6.07, 6.45) is -0.298. The van der Waals surface area contributed by atoms with Crippen LogP contribution in [0.4, 0.5) is 4.39 Å². The number of carboxylic acids is 1. The number of aromatic nitrogens is 1. The molecule has 4 nitrogen and oxygen atoms in total. The first kappa shape index (κ1) is 17.4. The lowest BCUT2D eigenvalue weighted by Crippen LogP contribution is -2.24. The molecule has 3 aromatic rings. The topological polar surface area (TPSA) is 62.2 Å². The molecule has 25 heavy (non-hydrogen) atoms. The Bertz CT molecular complexity index is 925. The molecule has 0 bridgehead atoms. The monoisotopic (exact) mass is 376 g/mol. The first-order valence-corrected chi connectivity index (χ1v) is 8.47. The normalized spacial score (nSPS) is 10.7. The van der Waals surface area contributed by atoms with Crippen molar-refractivity contribution < 1.29 is 19.0 Å². The van der Waals surface area contributed by atoms with Crippen LogP contribution >= 0.6 is 22.9 Å². The second kappa shape index (κ2) is 7.21. The van der Waals surface area contributed by atoms with Gasteiger partial charge in [0.05, 0.1) is 17.8 Å². The Hall–Kier alpha value is -2.44. The number of halogens is 2. The maximum atomic E-state index is 13.8. The second-order valence-electron chi connectivity index (χ2n) is 5.20. The van der Waals surface area contributed by atoms with Gasteiger partial charge in [0.2, 0.25) is 0 Å². The molecule has 0 unspecified atom stereocenters. The van der Waals surface area contributed by atoms with Crippen molar-refractivity contribution in [3.63, 3.8) is 0 Å². The van der Waals surface area contributed by atoms with Crippen LogP contribution in [-0.4, -0.2) is 18.1 Å². The summed E-state index contributed by atoms with van der Waals surface area (Å²) in [5.41, 5.74) is 1.69. The van der Waals surface area contributed by atoms with Gasteiger partial charge in [0.1, 0.15) is 16.6 Å². The van der Waals surface area contributed by atoms with Gasteiger partial charge in [-0.25, -0.2) is 9.37 Å². The molecular weight excluding hydrogens is 365 g/mol. The molecule has 0 spiro atoms. The molecule has 0 aliphatic rings. The zero-order valence-corrected chi connectivity index (χ0v) is 14.7. The molecule has 0 N–H and O–H groups in total. The fraction of sp³-hybridized carbons (Fsp3) is 0.111. The van der Waals surface area contributed by atoms with E-state index in [9.17, 15) is 14.3 Å². The number of hydrogen-bond donors (Lipinski definition) is 0. The summed E-state index contributed by atoms with van der Waals surface area (Å²) in [5, 5.41) is 11.7. The van der Waals surface area contributed by atoms with E-state index in [2.05, 4.69) is 4.98 Å². The number of thiazole rings is 1. The highest BCUT2D eigenvalue weighted by Gasteiger charge is 2.16. The van der Waals surface area contributed by atoms with Crippen molar-refractivity contribution >= 4 is 28.9 Å². The van der Waals surface area contributed by atoms with Crippen LogP contribution in [0.25, 0.3) is 21.8 Å². The molecule has 0 aliphatic heterocycles. The third-order valence-corrected chi connectivity index (χ3v) is 4.94. The third kappa shape index (κ3) is 3.81. The maximum absolute atomic E-state index is 13.8. The van der Waals surface area contributed by atoms with Crippen LogP contribution in [0.15, 0.2) is 42.5 Å². The minimum Gasteiger partial charge on any atom is -0.550 e. The first-order chi connectivity index (χ1) is 12.0. The molecule has 0 radical (unpaired) electrons. The van der Waals surface area contributed by atoms with Crippen molar-refractivity contribution in [2.45, 2.75) is 6.42 Å². The van der Waals surface area contributed by atoms with Gasteiger partial charge in [-0.15, -0.1) is 11.3 Å². The predicted octanol–water partition coefficient (Wildman–Crippen LogP) is 3.57. The van der Waals surface area contributed by atoms with Gasteiger partial charge in [0.25, 0.3) is 0 Å². The quantitative estimate of drug-likeness (QED) is 0.683. The maximum Gasteiger partial charge on any atom is 0.142 e. The average molecular weight is 377 g/mol. The zero-order valence-electron chi connectivity index (χ0n) is 13.1. The van der Waals surface area contributed by atoms with Gasteiger partial charge in [-0.2, -0.15) is 0 Å². The molecule has 0 saturated carbocycles. The summed E-state index contributed by atoms with van der Waals surface area (Å²) < 4.78 is 18.9. The Morgan fingerprint density at radius 3 is 2.52 bits per heavy atom. The van der Waals surface area contributed by atoms with Gasteiger partial charge in [0.15, 0.2) is 0 Å². The highest BCUT2D eigenvalue weighted by molar-refractivity contribution is 7.15. The lowest BCUT2D eigenvalue weighted by molar-refractivity contribution is -0.304. The predicted molar refractivity (Wildman–Crippen MR) is 93.2 cm³/mol. The Kier molecular flexibility index (Phi) is 5.01. The van der Waals surface area contributed by atoms with Crippen molar-refractivity contribution in [3.05, 3.63) is 58.2 Å². The molecule has 0 atom stereocenters. The Morgan fingerprint density at radius 2 is 1.92 bits per heavy atom. The van der Waals surface area contributed by atoms with Crippen molar-refractivity contribution in [3.8, 4) is 27.6 Å². The lowest BCUT2D eigenvalue weighted by atomic mass is 10.1. The molecule has 0 amide bonds. The molecule has 0 fully saturated rings. The fourth-order valence-corrected chi connectivity index (χ4v) is 3.52. The van der Waals surface area contributed by atoms with Gasteiger partial charge >= 0.3 is 0 Å². The summed E-state index contributed by atoms with van der Waals surface area (Å²) in [6.45, 7) is 0. The van der Waals surface area contributed by atoms with Crippen LogP contribution < -0.4 is 9.84 Å². The van der Waals surface area contributed by atoms with Gasteiger partial charge in [-0.05, 0) is 36.4 Å². The smallest absolute Gasteiger partial charge is 0.142 e. The average Bonchev–Trinajstić information content (AvgIpc) is 3.00. The van der Waals surface area contributed by atoms with Crippen LogP contribution in [0.3, 0.4) is 0 Å². The minimum absolute atomic E-state index is 0.00388. The number of carbonyl (C=O) groups is 1. The molecule has 1 aromatic heterocycles. The first-order valence-electron chi connectivity index (χ1n) is 7.27. The van der Waals surface area contributed by atoms with Crippen molar-refractivity contribution in [1.82, 2.24) is 4.98 Å². The van der Waals surface area contributed by atoms with E-state index in [1.165, 1.54) is 23.5 Å². The van der Waals surface area contributed by atoms with E-state index in [1.54, 1.807) is 25.3 Å². The fourth-order valence-electron chi connectivity index (χ4n) is 2.33. The summed E-state index contributed by atoms with van der Waals surface area (Å²) in [4.78, 5) is 16.1. The zero-order chi connectivity index (χ0) is 18.0.